The highest BCUT2D eigenvalue weighted by molar-refractivity contribution is 5.46. The zero-order chi connectivity index (χ0) is 10.4. The Bertz CT molecular complexity index is 321. The molecular weight excluding hydrogens is 178 g/mol. The second-order valence-electron chi connectivity index (χ2n) is 2.87. The summed E-state index contributed by atoms with van der Waals surface area (Å²) in [6.07, 6.45) is 3.91. The SMILES string of the molecule is C/C=C/c1ccc(OCOC)c(C)n1. The molecule has 3 heteroatoms. The standard InChI is InChI=1S/C11H15NO2/c1-4-5-10-6-7-11(9(2)12-10)14-8-13-3/h4-7H,8H2,1-3H3/b5-4+. The van der Waals surface area contributed by atoms with Crippen molar-refractivity contribution in [2.45, 2.75) is 13.8 Å². The van der Waals surface area contributed by atoms with Crippen molar-refractivity contribution < 1.29 is 9.47 Å². The molecule has 0 aliphatic rings. The van der Waals surface area contributed by atoms with Crippen molar-refractivity contribution in [1.29, 1.82) is 0 Å². The Morgan fingerprint density at radius 3 is 2.79 bits per heavy atom. The van der Waals surface area contributed by atoms with Gasteiger partial charge in [-0.25, -0.2) is 4.98 Å². The highest BCUT2D eigenvalue weighted by atomic mass is 16.7. The molecule has 1 aromatic rings. The van der Waals surface area contributed by atoms with Crippen LogP contribution in [0.2, 0.25) is 0 Å². The zero-order valence-electron chi connectivity index (χ0n) is 8.78. The first-order valence-corrected chi connectivity index (χ1v) is 4.50. The van der Waals surface area contributed by atoms with Gasteiger partial charge in [0.2, 0.25) is 0 Å². The quantitative estimate of drug-likeness (QED) is 0.688. The number of aryl methyl sites for hydroxylation is 1. The third kappa shape index (κ3) is 2.85. The zero-order valence-corrected chi connectivity index (χ0v) is 8.78. The third-order valence-electron chi connectivity index (χ3n) is 1.73. The molecule has 0 spiro atoms. The molecule has 0 amide bonds. The van der Waals surface area contributed by atoms with Crippen molar-refractivity contribution in [3.63, 3.8) is 0 Å². The van der Waals surface area contributed by atoms with Gasteiger partial charge in [-0.2, -0.15) is 0 Å². The lowest BCUT2D eigenvalue weighted by atomic mass is 10.3. The largest absolute Gasteiger partial charge is 0.466 e. The molecule has 0 N–H and O–H groups in total. The van der Waals surface area contributed by atoms with Crippen molar-refractivity contribution >= 4 is 6.08 Å². The molecule has 76 valence electrons. The van der Waals surface area contributed by atoms with Gasteiger partial charge in [0.1, 0.15) is 5.75 Å². The van der Waals surface area contributed by atoms with E-state index in [-0.39, 0.29) is 6.79 Å². The number of aromatic nitrogens is 1. The lowest BCUT2D eigenvalue weighted by Gasteiger charge is -2.07. The van der Waals surface area contributed by atoms with Gasteiger partial charge in [-0.15, -0.1) is 0 Å². The highest BCUT2D eigenvalue weighted by Gasteiger charge is 2.00. The first-order valence-electron chi connectivity index (χ1n) is 4.50. The van der Waals surface area contributed by atoms with Crippen molar-refractivity contribution in [3.8, 4) is 5.75 Å². The van der Waals surface area contributed by atoms with E-state index < -0.39 is 0 Å². The molecule has 0 radical (unpaired) electrons. The van der Waals surface area contributed by atoms with Crippen LogP contribution in [0, 0.1) is 6.92 Å². The summed E-state index contributed by atoms with van der Waals surface area (Å²) in [6, 6.07) is 3.81. The fourth-order valence-corrected chi connectivity index (χ4v) is 1.11. The average Bonchev–Trinajstić information content (AvgIpc) is 2.17. The Labute approximate surface area is 84.4 Å². The van der Waals surface area contributed by atoms with Crippen molar-refractivity contribution in [2.24, 2.45) is 0 Å². The second kappa shape index (κ2) is 5.40. The fourth-order valence-electron chi connectivity index (χ4n) is 1.11. The maximum Gasteiger partial charge on any atom is 0.188 e. The van der Waals surface area contributed by atoms with E-state index in [1.54, 1.807) is 7.11 Å². The van der Waals surface area contributed by atoms with Crippen LogP contribution in [0.4, 0.5) is 0 Å². The number of ether oxygens (including phenoxy) is 2. The minimum atomic E-state index is 0.255. The Hall–Kier alpha value is -1.35. The number of hydrogen-bond acceptors (Lipinski definition) is 3. The third-order valence-corrected chi connectivity index (χ3v) is 1.73. The summed E-state index contributed by atoms with van der Waals surface area (Å²) < 4.78 is 10.1. The molecule has 1 heterocycles. The minimum Gasteiger partial charge on any atom is -0.466 e. The summed E-state index contributed by atoms with van der Waals surface area (Å²) in [5.74, 6) is 0.764. The van der Waals surface area contributed by atoms with Gasteiger partial charge in [-0.05, 0) is 32.1 Å². The molecule has 1 aromatic heterocycles. The normalized spacial score (nSPS) is 10.8. The maximum absolute atomic E-state index is 5.31. The van der Waals surface area contributed by atoms with E-state index in [4.69, 9.17) is 9.47 Å². The van der Waals surface area contributed by atoms with Crippen molar-refractivity contribution in [2.75, 3.05) is 13.9 Å². The van der Waals surface area contributed by atoms with E-state index in [2.05, 4.69) is 4.98 Å². The first-order chi connectivity index (χ1) is 6.77. The van der Waals surface area contributed by atoms with Crippen LogP contribution in [0.3, 0.4) is 0 Å². The maximum atomic E-state index is 5.31. The number of pyridine rings is 1. The number of allylic oxidation sites excluding steroid dienone is 1. The summed E-state index contributed by atoms with van der Waals surface area (Å²) in [5, 5.41) is 0. The smallest absolute Gasteiger partial charge is 0.188 e. The fraction of sp³-hybridized carbons (Fsp3) is 0.364. The lowest BCUT2D eigenvalue weighted by Crippen LogP contribution is -2.01. The minimum absolute atomic E-state index is 0.255. The summed E-state index contributed by atoms with van der Waals surface area (Å²) in [5.41, 5.74) is 1.81. The van der Waals surface area contributed by atoms with Gasteiger partial charge in [0.15, 0.2) is 6.79 Å². The monoisotopic (exact) mass is 193 g/mol. The Morgan fingerprint density at radius 1 is 1.43 bits per heavy atom. The molecule has 0 atom stereocenters. The van der Waals surface area contributed by atoms with Gasteiger partial charge >= 0.3 is 0 Å². The van der Waals surface area contributed by atoms with Crippen LogP contribution >= 0.6 is 0 Å². The molecule has 0 aliphatic heterocycles. The van der Waals surface area contributed by atoms with Gasteiger partial charge in [-0.1, -0.05) is 6.08 Å². The van der Waals surface area contributed by atoms with Crippen LogP contribution < -0.4 is 4.74 Å². The molecule has 1 rings (SSSR count). The van der Waals surface area contributed by atoms with E-state index >= 15 is 0 Å². The van der Waals surface area contributed by atoms with Crippen LogP contribution in [-0.2, 0) is 4.74 Å². The lowest BCUT2D eigenvalue weighted by molar-refractivity contribution is 0.0503. The molecule has 0 aliphatic carbocycles. The summed E-state index contributed by atoms with van der Waals surface area (Å²) in [7, 11) is 1.59. The van der Waals surface area contributed by atoms with Crippen LogP contribution in [-0.4, -0.2) is 18.9 Å². The van der Waals surface area contributed by atoms with Crippen molar-refractivity contribution in [1.82, 2.24) is 4.98 Å². The predicted molar refractivity (Wildman–Crippen MR) is 56.2 cm³/mol. The van der Waals surface area contributed by atoms with E-state index in [1.165, 1.54) is 0 Å². The topological polar surface area (TPSA) is 31.4 Å². The molecule has 0 fully saturated rings. The van der Waals surface area contributed by atoms with Gasteiger partial charge in [0.05, 0.1) is 11.4 Å². The average molecular weight is 193 g/mol. The van der Waals surface area contributed by atoms with Gasteiger partial charge in [-0.3, -0.25) is 0 Å². The number of nitrogens with zero attached hydrogens (tertiary/aromatic N) is 1. The van der Waals surface area contributed by atoms with Crippen molar-refractivity contribution in [3.05, 3.63) is 29.6 Å². The van der Waals surface area contributed by atoms with Crippen LogP contribution in [0.25, 0.3) is 6.08 Å². The number of methoxy groups -OCH3 is 1. The molecule has 14 heavy (non-hydrogen) atoms. The summed E-state index contributed by atoms with van der Waals surface area (Å²) >= 11 is 0. The molecular formula is C11H15NO2. The Morgan fingerprint density at radius 2 is 2.21 bits per heavy atom. The van der Waals surface area contributed by atoms with E-state index in [0.29, 0.717) is 0 Å². The molecule has 0 saturated carbocycles. The van der Waals surface area contributed by atoms with Crippen LogP contribution in [0.1, 0.15) is 18.3 Å². The highest BCUT2D eigenvalue weighted by Crippen LogP contribution is 2.16. The molecule has 3 nitrogen and oxygen atoms in total. The number of rotatable bonds is 4. The second-order valence-corrected chi connectivity index (χ2v) is 2.87. The van der Waals surface area contributed by atoms with E-state index in [0.717, 1.165) is 17.1 Å². The molecule has 0 bridgehead atoms. The van der Waals surface area contributed by atoms with Gasteiger partial charge < -0.3 is 9.47 Å². The first kappa shape index (κ1) is 10.7. The Kier molecular flexibility index (Phi) is 4.13. The molecule has 0 unspecified atom stereocenters. The molecule has 0 aromatic carbocycles. The predicted octanol–water partition coefficient (Wildman–Crippen LogP) is 2.41. The summed E-state index contributed by atoms with van der Waals surface area (Å²) in [6.45, 7) is 4.13. The van der Waals surface area contributed by atoms with Gasteiger partial charge in [0.25, 0.3) is 0 Å². The number of hydrogen-bond donors (Lipinski definition) is 0. The van der Waals surface area contributed by atoms with Crippen LogP contribution in [0.15, 0.2) is 18.2 Å². The summed E-state index contributed by atoms with van der Waals surface area (Å²) in [4.78, 5) is 4.35. The van der Waals surface area contributed by atoms with E-state index in [9.17, 15) is 0 Å². The Balaban J connectivity index is 2.79. The van der Waals surface area contributed by atoms with Crippen LogP contribution in [0.5, 0.6) is 5.75 Å². The van der Waals surface area contributed by atoms with Gasteiger partial charge in [0, 0.05) is 7.11 Å². The van der Waals surface area contributed by atoms with E-state index in [1.807, 2.05) is 38.1 Å². The molecule has 0 saturated heterocycles.